The maximum Gasteiger partial charge on any atom is 0.0509 e. The van der Waals surface area contributed by atoms with E-state index in [4.69, 9.17) is 4.74 Å². The Bertz CT molecular complexity index is 153. The van der Waals surface area contributed by atoms with E-state index in [0.29, 0.717) is 6.04 Å². The summed E-state index contributed by atoms with van der Waals surface area (Å²) in [5.41, 5.74) is 0. The minimum atomic E-state index is 0.645. The summed E-state index contributed by atoms with van der Waals surface area (Å²) < 4.78 is 5.40. The van der Waals surface area contributed by atoms with Gasteiger partial charge in [0.05, 0.1) is 6.61 Å². The summed E-state index contributed by atoms with van der Waals surface area (Å²) in [6.45, 7) is 4.24. The second kappa shape index (κ2) is 4.67. The average Bonchev–Trinajstić information content (AvgIpc) is 2.74. The summed E-state index contributed by atoms with van der Waals surface area (Å²) >= 11 is 2.07. The lowest BCUT2D eigenvalue weighted by atomic mass is 10.00. The van der Waals surface area contributed by atoms with Gasteiger partial charge in [0.25, 0.3) is 0 Å². The Morgan fingerprint density at radius 1 is 1.46 bits per heavy atom. The van der Waals surface area contributed by atoms with Gasteiger partial charge in [0.15, 0.2) is 0 Å². The van der Waals surface area contributed by atoms with Gasteiger partial charge in [-0.3, -0.25) is 0 Å². The first-order chi connectivity index (χ1) is 6.36. The third kappa shape index (κ3) is 2.61. The monoisotopic (exact) mass is 201 g/mol. The summed E-state index contributed by atoms with van der Waals surface area (Å²) in [4.78, 5) is 0. The van der Waals surface area contributed by atoms with Crippen LogP contribution in [-0.4, -0.2) is 36.8 Å². The van der Waals surface area contributed by atoms with E-state index >= 15 is 0 Å². The number of thioether (sulfide) groups is 1. The van der Waals surface area contributed by atoms with Crippen LogP contribution in [-0.2, 0) is 4.74 Å². The molecule has 0 aromatic heterocycles. The first-order valence-corrected chi connectivity index (χ1v) is 6.43. The molecule has 0 amide bonds. The highest BCUT2D eigenvalue weighted by Gasteiger charge is 2.25. The molecule has 0 aromatic carbocycles. The van der Waals surface area contributed by atoms with Crippen LogP contribution in [0, 0.1) is 5.92 Å². The van der Waals surface area contributed by atoms with E-state index in [-0.39, 0.29) is 0 Å². The number of ether oxygens (including phenoxy) is 1. The molecule has 1 N–H and O–H groups in total. The molecule has 0 bridgehead atoms. The van der Waals surface area contributed by atoms with Gasteiger partial charge in [-0.2, -0.15) is 11.8 Å². The van der Waals surface area contributed by atoms with Gasteiger partial charge in [-0.05, 0) is 31.4 Å². The number of hydrogen-bond donors (Lipinski definition) is 1. The molecule has 2 fully saturated rings. The van der Waals surface area contributed by atoms with Crippen molar-refractivity contribution in [3.8, 4) is 0 Å². The lowest BCUT2D eigenvalue weighted by molar-refractivity contribution is 0.177. The zero-order valence-corrected chi connectivity index (χ0v) is 9.11. The number of hydrogen-bond acceptors (Lipinski definition) is 3. The lowest BCUT2D eigenvalue weighted by Crippen LogP contribution is -2.41. The molecule has 2 aliphatic heterocycles. The minimum Gasteiger partial charge on any atom is -0.381 e. The van der Waals surface area contributed by atoms with Crippen molar-refractivity contribution in [2.45, 2.75) is 31.8 Å². The Morgan fingerprint density at radius 3 is 3.00 bits per heavy atom. The second-order valence-corrected chi connectivity index (χ2v) is 5.29. The van der Waals surface area contributed by atoms with E-state index in [1.165, 1.54) is 24.3 Å². The molecule has 3 atom stereocenters. The Balaban J connectivity index is 1.73. The molecular formula is C10H19NOS. The predicted molar refractivity (Wildman–Crippen MR) is 57.3 cm³/mol. The average molecular weight is 201 g/mol. The van der Waals surface area contributed by atoms with E-state index in [1.807, 2.05) is 0 Å². The molecule has 2 aliphatic rings. The minimum absolute atomic E-state index is 0.645. The van der Waals surface area contributed by atoms with Crippen LogP contribution < -0.4 is 5.32 Å². The van der Waals surface area contributed by atoms with Crippen LogP contribution in [0.3, 0.4) is 0 Å². The Kier molecular flexibility index (Phi) is 3.52. The molecule has 2 nitrogen and oxygen atoms in total. The summed E-state index contributed by atoms with van der Waals surface area (Å²) in [6, 6.07) is 1.41. The smallest absolute Gasteiger partial charge is 0.0509 e. The molecule has 3 heteroatoms. The van der Waals surface area contributed by atoms with Gasteiger partial charge in [-0.25, -0.2) is 0 Å². The maximum absolute atomic E-state index is 5.40. The van der Waals surface area contributed by atoms with Gasteiger partial charge in [0, 0.05) is 24.4 Å². The first-order valence-electron chi connectivity index (χ1n) is 5.28. The van der Waals surface area contributed by atoms with Crippen LogP contribution in [0.4, 0.5) is 0 Å². The van der Waals surface area contributed by atoms with Crippen molar-refractivity contribution in [3.63, 3.8) is 0 Å². The third-order valence-electron chi connectivity index (χ3n) is 3.10. The summed E-state index contributed by atoms with van der Waals surface area (Å²) in [6.07, 6.45) is 2.59. The van der Waals surface area contributed by atoms with Gasteiger partial charge >= 0.3 is 0 Å². The highest BCUT2D eigenvalue weighted by atomic mass is 32.2. The maximum atomic E-state index is 5.40. The van der Waals surface area contributed by atoms with Crippen molar-refractivity contribution in [3.05, 3.63) is 0 Å². The van der Waals surface area contributed by atoms with Gasteiger partial charge in [-0.1, -0.05) is 0 Å². The van der Waals surface area contributed by atoms with E-state index in [9.17, 15) is 0 Å². The zero-order chi connectivity index (χ0) is 9.10. The Labute approximate surface area is 84.8 Å². The fourth-order valence-electron chi connectivity index (χ4n) is 2.12. The highest BCUT2D eigenvalue weighted by Crippen LogP contribution is 2.21. The summed E-state index contributed by atoms with van der Waals surface area (Å²) in [7, 11) is 0. The lowest BCUT2D eigenvalue weighted by Gasteiger charge is -2.23. The predicted octanol–water partition coefficient (Wildman–Crippen LogP) is 1.51. The van der Waals surface area contributed by atoms with Crippen LogP contribution in [0.1, 0.15) is 19.8 Å². The molecule has 76 valence electrons. The van der Waals surface area contributed by atoms with Crippen LogP contribution >= 0.6 is 11.8 Å². The molecule has 0 radical (unpaired) electrons. The number of rotatable bonds is 3. The van der Waals surface area contributed by atoms with Crippen molar-refractivity contribution in [1.29, 1.82) is 0 Å². The normalized spacial score (nSPS) is 36.7. The molecule has 2 saturated heterocycles. The molecule has 2 heterocycles. The zero-order valence-electron chi connectivity index (χ0n) is 8.29. The number of nitrogens with one attached hydrogen (secondary N) is 1. The standard InChI is InChI=1S/C10H19NOS/c1-8(9-2-4-12-6-9)11-10-3-5-13-7-10/h8-11H,2-7H2,1H3. The van der Waals surface area contributed by atoms with Gasteiger partial charge in [-0.15, -0.1) is 0 Å². The summed E-state index contributed by atoms with van der Waals surface area (Å²) in [5, 5.41) is 3.72. The van der Waals surface area contributed by atoms with E-state index < -0.39 is 0 Å². The van der Waals surface area contributed by atoms with Gasteiger partial charge in [0.1, 0.15) is 0 Å². The first kappa shape index (κ1) is 9.81. The quantitative estimate of drug-likeness (QED) is 0.748. The van der Waals surface area contributed by atoms with Crippen LogP contribution in [0.25, 0.3) is 0 Å². The van der Waals surface area contributed by atoms with Crippen LogP contribution in [0.5, 0.6) is 0 Å². The molecule has 0 spiro atoms. The fourth-order valence-corrected chi connectivity index (χ4v) is 3.29. The molecular weight excluding hydrogens is 182 g/mol. The third-order valence-corrected chi connectivity index (χ3v) is 4.26. The fraction of sp³-hybridized carbons (Fsp3) is 1.00. The largest absolute Gasteiger partial charge is 0.381 e. The van der Waals surface area contributed by atoms with Gasteiger partial charge < -0.3 is 10.1 Å². The van der Waals surface area contributed by atoms with Crippen LogP contribution in [0.15, 0.2) is 0 Å². The van der Waals surface area contributed by atoms with Crippen molar-refractivity contribution in [2.24, 2.45) is 5.92 Å². The summed E-state index contributed by atoms with van der Waals surface area (Å²) in [5.74, 6) is 3.40. The van der Waals surface area contributed by atoms with E-state index in [1.54, 1.807) is 0 Å². The molecule has 2 rings (SSSR count). The Morgan fingerprint density at radius 2 is 2.38 bits per heavy atom. The SMILES string of the molecule is CC(NC1CCSC1)C1CCOC1. The van der Waals surface area contributed by atoms with Crippen molar-refractivity contribution in [1.82, 2.24) is 5.32 Å². The van der Waals surface area contributed by atoms with Crippen molar-refractivity contribution in [2.75, 3.05) is 24.7 Å². The molecule has 0 saturated carbocycles. The van der Waals surface area contributed by atoms with Crippen LogP contribution in [0.2, 0.25) is 0 Å². The molecule has 3 unspecified atom stereocenters. The molecule has 0 aromatic rings. The molecule has 0 aliphatic carbocycles. The molecule has 13 heavy (non-hydrogen) atoms. The van der Waals surface area contributed by atoms with E-state index in [0.717, 1.165) is 25.2 Å². The topological polar surface area (TPSA) is 21.3 Å². The highest BCUT2D eigenvalue weighted by molar-refractivity contribution is 7.99. The van der Waals surface area contributed by atoms with E-state index in [2.05, 4.69) is 24.0 Å². The Hall–Kier alpha value is 0.270. The van der Waals surface area contributed by atoms with Gasteiger partial charge in [0.2, 0.25) is 0 Å². The second-order valence-electron chi connectivity index (χ2n) is 4.14. The van der Waals surface area contributed by atoms with Crippen molar-refractivity contribution >= 4 is 11.8 Å². The van der Waals surface area contributed by atoms with Crippen molar-refractivity contribution < 1.29 is 4.74 Å².